The number of esters is 1. The molecule has 1 amide bonds. The van der Waals surface area contributed by atoms with Crippen molar-refractivity contribution in [1.29, 1.82) is 5.26 Å². The highest BCUT2D eigenvalue weighted by Crippen LogP contribution is 2.33. The minimum Gasteiger partial charge on any atom is -0.493 e. The Bertz CT molecular complexity index is 1340. The SMILES string of the molecule is COc1cc(C=C(C#N)C(=O)Nc2ccc3c(c2)OCCO3)ccc1OC(=O)c1ccc(F)cc1. The van der Waals surface area contributed by atoms with E-state index >= 15 is 0 Å². The first-order chi connectivity index (χ1) is 17.0. The van der Waals surface area contributed by atoms with Crippen LogP contribution in [-0.4, -0.2) is 32.2 Å². The van der Waals surface area contributed by atoms with Crippen LogP contribution in [0.4, 0.5) is 10.1 Å². The summed E-state index contributed by atoms with van der Waals surface area (Å²) in [5, 5.41) is 12.2. The smallest absolute Gasteiger partial charge is 0.343 e. The van der Waals surface area contributed by atoms with E-state index in [4.69, 9.17) is 18.9 Å². The molecular weight excluding hydrogens is 455 g/mol. The normalized spacial score (nSPS) is 12.3. The fourth-order valence-electron chi connectivity index (χ4n) is 3.24. The second-order valence-electron chi connectivity index (χ2n) is 7.29. The van der Waals surface area contributed by atoms with Crippen molar-refractivity contribution in [1.82, 2.24) is 0 Å². The Morgan fingerprint density at radius 1 is 1.00 bits per heavy atom. The number of methoxy groups -OCH3 is 1. The highest BCUT2D eigenvalue weighted by Gasteiger charge is 2.16. The fourth-order valence-corrected chi connectivity index (χ4v) is 3.24. The number of nitrogens with zero attached hydrogens (tertiary/aromatic N) is 1. The molecule has 0 bridgehead atoms. The van der Waals surface area contributed by atoms with Crippen LogP contribution < -0.4 is 24.3 Å². The third kappa shape index (κ3) is 5.57. The molecule has 3 aromatic carbocycles. The average Bonchev–Trinajstić information content (AvgIpc) is 2.88. The lowest BCUT2D eigenvalue weighted by Gasteiger charge is -2.18. The molecule has 9 heteroatoms. The Morgan fingerprint density at radius 3 is 2.46 bits per heavy atom. The molecule has 1 N–H and O–H groups in total. The van der Waals surface area contributed by atoms with E-state index in [1.165, 1.54) is 37.5 Å². The van der Waals surface area contributed by atoms with E-state index in [0.29, 0.717) is 36.0 Å². The molecule has 0 fully saturated rings. The van der Waals surface area contributed by atoms with Crippen LogP contribution in [0, 0.1) is 17.1 Å². The molecule has 0 spiro atoms. The van der Waals surface area contributed by atoms with Gasteiger partial charge in [0.15, 0.2) is 23.0 Å². The number of carbonyl (C=O) groups is 2. The van der Waals surface area contributed by atoms with Crippen LogP contribution in [0.25, 0.3) is 6.08 Å². The molecule has 0 aromatic heterocycles. The first kappa shape index (κ1) is 23.3. The number of benzene rings is 3. The Balaban J connectivity index is 1.50. The van der Waals surface area contributed by atoms with Crippen molar-refractivity contribution >= 4 is 23.6 Å². The van der Waals surface area contributed by atoms with Crippen molar-refractivity contribution in [2.75, 3.05) is 25.6 Å². The van der Waals surface area contributed by atoms with Gasteiger partial charge in [-0.15, -0.1) is 0 Å². The van der Waals surface area contributed by atoms with Gasteiger partial charge in [-0.2, -0.15) is 5.26 Å². The molecule has 4 rings (SSSR count). The van der Waals surface area contributed by atoms with Crippen LogP contribution >= 0.6 is 0 Å². The third-order valence-electron chi connectivity index (χ3n) is 4.95. The quantitative estimate of drug-likeness (QED) is 0.245. The number of fused-ring (bicyclic) bond motifs is 1. The molecule has 0 saturated carbocycles. The lowest BCUT2D eigenvalue weighted by Crippen LogP contribution is -2.17. The van der Waals surface area contributed by atoms with Gasteiger partial charge >= 0.3 is 5.97 Å². The number of carbonyl (C=O) groups excluding carboxylic acids is 2. The first-order valence-corrected chi connectivity index (χ1v) is 10.5. The van der Waals surface area contributed by atoms with Crippen LogP contribution in [0.5, 0.6) is 23.0 Å². The molecule has 3 aromatic rings. The number of rotatable bonds is 6. The van der Waals surface area contributed by atoms with Crippen molar-refractivity contribution in [2.24, 2.45) is 0 Å². The largest absolute Gasteiger partial charge is 0.493 e. The Kier molecular flexibility index (Phi) is 6.93. The van der Waals surface area contributed by atoms with Gasteiger partial charge in [-0.3, -0.25) is 4.79 Å². The van der Waals surface area contributed by atoms with Crippen LogP contribution in [0.3, 0.4) is 0 Å². The molecule has 1 aliphatic rings. The van der Waals surface area contributed by atoms with Crippen molar-refractivity contribution < 1.29 is 32.9 Å². The van der Waals surface area contributed by atoms with E-state index in [9.17, 15) is 19.2 Å². The summed E-state index contributed by atoms with van der Waals surface area (Å²) < 4.78 is 34.7. The maximum Gasteiger partial charge on any atom is 0.343 e. The molecule has 0 saturated heterocycles. The summed E-state index contributed by atoms with van der Waals surface area (Å²) in [5.74, 6) is -0.360. The maximum absolute atomic E-state index is 13.1. The fraction of sp³-hybridized carbons (Fsp3) is 0.115. The van der Waals surface area contributed by atoms with Crippen molar-refractivity contribution in [3.05, 3.63) is 83.2 Å². The van der Waals surface area contributed by atoms with Crippen LogP contribution in [0.1, 0.15) is 15.9 Å². The van der Waals surface area contributed by atoms with Crippen molar-refractivity contribution in [3.8, 4) is 29.1 Å². The van der Waals surface area contributed by atoms with Crippen molar-refractivity contribution in [2.45, 2.75) is 0 Å². The average molecular weight is 474 g/mol. The zero-order valence-electron chi connectivity index (χ0n) is 18.5. The van der Waals surface area contributed by atoms with E-state index in [1.807, 2.05) is 6.07 Å². The number of amides is 1. The van der Waals surface area contributed by atoms with E-state index in [0.717, 1.165) is 12.1 Å². The molecule has 1 heterocycles. The van der Waals surface area contributed by atoms with Gasteiger partial charge in [0.2, 0.25) is 0 Å². The molecule has 0 radical (unpaired) electrons. The topological polar surface area (TPSA) is 107 Å². The zero-order chi connectivity index (χ0) is 24.8. The zero-order valence-corrected chi connectivity index (χ0v) is 18.5. The summed E-state index contributed by atoms with van der Waals surface area (Å²) >= 11 is 0. The van der Waals surface area contributed by atoms with E-state index in [1.54, 1.807) is 24.3 Å². The molecule has 0 aliphatic carbocycles. The van der Waals surface area contributed by atoms with Crippen molar-refractivity contribution in [3.63, 3.8) is 0 Å². The molecule has 176 valence electrons. The number of anilines is 1. The lowest BCUT2D eigenvalue weighted by molar-refractivity contribution is -0.112. The minimum absolute atomic E-state index is 0.123. The summed E-state index contributed by atoms with van der Waals surface area (Å²) in [6, 6.07) is 16.3. The number of halogens is 1. The highest BCUT2D eigenvalue weighted by molar-refractivity contribution is 6.09. The molecular formula is C26H19FN2O6. The van der Waals surface area contributed by atoms with Gasteiger partial charge in [0.25, 0.3) is 5.91 Å². The minimum atomic E-state index is -0.692. The maximum atomic E-state index is 13.1. The predicted molar refractivity (Wildman–Crippen MR) is 124 cm³/mol. The molecule has 0 unspecified atom stereocenters. The highest BCUT2D eigenvalue weighted by atomic mass is 19.1. The Labute approximate surface area is 200 Å². The molecule has 35 heavy (non-hydrogen) atoms. The third-order valence-corrected chi connectivity index (χ3v) is 4.95. The number of hydrogen-bond donors (Lipinski definition) is 1. The summed E-state index contributed by atoms with van der Waals surface area (Å²) in [7, 11) is 1.39. The molecule has 1 aliphatic heterocycles. The second kappa shape index (κ2) is 10.4. The van der Waals surface area contributed by atoms with Gasteiger partial charge in [0.1, 0.15) is 30.7 Å². The summed E-state index contributed by atoms with van der Waals surface area (Å²) in [5.41, 5.74) is 0.927. The molecule has 0 atom stereocenters. The van der Waals surface area contributed by atoms with Gasteiger partial charge in [0.05, 0.1) is 12.7 Å². The van der Waals surface area contributed by atoms with Crippen LogP contribution in [0.2, 0.25) is 0 Å². The van der Waals surface area contributed by atoms with Gasteiger partial charge < -0.3 is 24.3 Å². The van der Waals surface area contributed by atoms with Crippen LogP contribution in [-0.2, 0) is 4.79 Å². The second-order valence-corrected chi connectivity index (χ2v) is 7.29. The number of nitrogens with one attached hydrogen (secondary N) is 1. The monoisotopic (exact) mass is 474 g/mol. The Hall–Kier alpha value is -4.84. The predicted octanol–water partition coefficient (Wildman–Crippen LogP) is 4.37. The summed E-state index contributed by atoms with van der Waals surface area (Å²) in [4.78, 5) is 25.0. The van der Waals surface area contributed by atoms with Crippen LogP contribution in [0.15, 0.2) is 66.2 Å². The standard InChI is InChI=1S/C26H19FN2O6/c1-32-23-13-16(2-8-22(23)35-26(31)17-3-5-19(27)6-4-17)12-18(15-28)25(30)29-20-7-9-21-24(14-20)34-11-10-33-21/h2-9,12-14H,10-11H2,1H3,(H,29,30). The van der Waals surface area contributed by atoms with Gasteiger partial charge in [-0.1, -0.05) is 6.07 Å². The summed E-state index contributed by atoms with van der Waals surface area (Å²) in [6.07, 6.45) is 1.38. The first-order valence-electron chi connectivity index (χ1n) is 10.5. The lowest BCUT2D eigenvalue weighted by atomic mass is 10.1. The van der Waals surface area contributed by atoms with E-state index < -0.39 is 17.7 Å². The molecule has 8 nitrogen and oxygen atoms in total. The van der Waals surface area contributed by atoms with Gasteiger partial charge in [-0.05, 0) is 60.2 Å². The van der Waals surface area contributed by atoms with E-state index in [-0.39, 0.29) is 22.6 Å². The van der Waals surface area contributed by atoms with Gasteiger partial charge in [0, 0.05) is 11.8 Å². The number of ether oxygens (including phenoxy) is 4. The Morgan fingerprint density at radius 2 is 1.74 bits per heavy atom. The van der Waals surface area contributed by atoms with Gasteiger partial charge in [-0.25, -0.2) is 9.18 Å². The van der Waals surface area contributed by atoms with E-state index in [2.05, 4.69) is 5.32 Å². The number of hydrogen-bond acceptors (Lipinski definition) is 7. The number of nitriles is 1. The summed E-state index contributed by atoms with van der Waals surface area (Å²) in [6.45, 7) is 0.860.